The predicted molar refractivity (Wildman–Crippen MR) is 153 cm³/mol. The highest BCUT2D eigenvalue weighted by molar-refractivity contribution is 6.30. The Morgan fingerprint density at radius 2 is 1.21 bits per heavy atom. The number of benzene rings is 4. The second kappa shape index (κ2) is 11.9. The Balaban J connectivity index is 1.26. The van der Waals surface area contributed by atoms with Gasteiger partial charge in [0.1, 0.15) is 0 Å². The van der Waals surface area contributed by atoms with Crippen LogP contribution in [0.15, 0.2) is 109 Å². The Hall–Kier alpha value is -4.13. The number of rotatable bonds is 6. The number of hydrogen-bond acceptors (Lipinski definition) is 3. The molecule has 1 aliphatic heterocycles. The molecule has 0 bridgehead atoms. The lowest BCUT2D eigenvalue weighted by atomic mass is 9.96. The van der Waals surface area contributed by atoms with Gasteiger partial charge in [-0.05, 0) is 47.5 Å². The zero-order chi connectivity index (χ0) is 26.3. The number of para-hydroxylation sites is 1. The van der Waals surface area contributed by atoms with Gasteiger partial charge in [0.2, 0.25) is 0 Å². The van der Waals surface area contributed by atoms with Gasteiger partial charge in [0.15, 0.2) is 0 Å². The van der Waals surface area contributed by atoms with Crippen molar-refractivity contribution in [1.82, 2.24) is 9.80 Å². The Labute approximate surface area is 227 Å². The average Bonchev–Trinajstić information content (AvgIpc) is 2.96. The molecule has 0 radical (unpaired) electrons. The Morgan fingerprint density at radius 3 is 1.82 bits per heavy atom. The van der Waals surface area contributed by atoms with Crippen LogP contribution in [0.1, 0.15) is 27.5 Å². The Kier molecular flexibility index (Phi) is 8.02. The van der Waals surface area contributed by atoms with E-state index in [4.69, 9.17) is 11.6 Å². The smallest absolute Gasteiger partial charge is 0.323 e. The van der Waals surface area contributed by atoms with Gasteiger partial charge in [-0.25, -0.2) is 4.79 Å². The number of halogens is 1. The largest absolute Gasteiger partial charge is 0.336 e. The lowest BCUT2D eigenvalue weighted by Gasteiger charge is -2.40. The van der Waals surface area contributed by atoms with E-state index in [0.29, 0.717) is 35.1 Å². The molecule has 3 amide bonds. The summed E-state index contributed by atoms with van der Waals surface area (Å²) >= 11 is 5.92. The lowest BCUT2D eigenvalue weighted by molar-refractivity contribution is 0.0598. The molecule has 4 aromatic rings. The maximum absolute atomic E-state index is 13.5. The van der Waals surface area contributed by atoms with Gasteiger partial charge in [0, 0.05) is 36.9 Å². The SMILES string of the molecule is O=C(Nc1ccc(Cl)cc1)Nc1ccccc1C(=O)N1CCN(C(c2ccccc2)c2ccccc2)CC1. The number of urea groups is 1. The molecular formula is C31H29ClN4O2. The van der Waals surface area contributed by atoms with Crippen LogP contribution in [-0.2, 0) is 0 Å². The fourth-order valence-electron chi connectivity index (χ4n) is 4.83. The van der Waals surface area contributed by atoms with Crippen LogP contribution in [-0.4, -0.2) is 47.9 Å². The van der Waals surface area contributed by atoms with E-state index in [1.54, 1.807) is 42.5 Å². The highest BCUT2D eigenvalue weighted by Gasteiger charge is 2.29. The number of carbonyl (C=O) groups excluding carboxylic acids is 2. The molecule has 0 spiro atoms. The first-order chi connectivity index (χ1) is 18.6. The molecule has 2 N–H and O–H groups in total. The molecule has 0 atom stereocenters. The molecule has 0 unspecified atom stereocenters. The summed E-state index contributed by atoms with van der Waals surface area (Å²) in [6.45, 7) is 2.68. The third kappa shape index (κ3) is 6.05. The van der Waals surface area contributed by atoms with Crippen molar-refractivity contribution < 1.29 is 9.59 Å². The standard InChI is InChI=1S/C31H29ClN4O2/c32-25-15-17-26(18-16-25)33-31(38)34-28-14-8-7-13-27(28)30(37)36-21-19-35(20-22-36)29(23-9-3-1-4-10-23)24-11-5-2-6-12-24/h1-18,29H,19-22H2,(H2,33,34,38). The van der Waals surface area contributed by atoms with Crippen LogP contribution in [0.3, 0.4) is 0 Å². The summed E-state index contributed by atoms with van der Waals surface area (Å²) in [4.78, 5) is 30.4. The van der Waals surface area contributed by atoms with E-state index in [-0.39, 0.29) is 11.9 Å². The fraction of sp³-hybridized carbons (Fsp3) is 0.161. The highest BCUT2D eigenvalue weighted by Crippen LogP contribution is 2.30. The molecule has 1 fully saturated rings. The Bertz CT molecular complexity index is 1330. The van der Waals surface area contributed by atoms with Gasteiger partial charge in [0.05, 0.1) is 17.3 Å². The monoisotopic (exact) mass is 524 g/mol. The van der Waals surface area contributed by atoms with Gasteiger partial charge < -0.3 is 15.5 Å². The summed E-state index contributed by atoms with van der Waals surface area (Å²) in [7, 11) is 0. The first kappa shape index (κ1) is 25.5. The van der Waals surface area contributed by atoms with E-state index in [0.717, 1.165) is 13.1 Å². The topological polar surface area (TPSA) is 64.7 Å². The van der Waals surface area contributed by atoms with Crippen LogP contribution in [0.2, 0.25) is 5.02 Å². The molecule has 1 heterocycles. The molecule has 0 aliphatic carbocycles. The molecule has 1 saturated heterocycles. The van der Waals surface area contributed by atoms with Crippen LogP contribution < -0.4 is 10.6 Å². The van der Waals surface area contributed by atoms with Gasteiger partial charge in [-0.3, -0.25) is 9.69 Å². The third-order valence-corrected chi connectivity index (χ3v) is 6.96. The van der Waals surface area contributed by atoms with Crippen LogP contribution in [0.25, 0.3) is 0 Å². The van der Waals surface area contributed by atoms with Gasteiger partial charge in [0.25, 0.3) is 5.91 Å². The van der Waals surface area contributed by atoms with Gasteiger partial charge in [-0.1, -0.05) is 84.4 Å². The van der Waals surface area contributed by atoms with Crippen LogP contribution in [0, 0.1) is 0 Å². The zero-order valence-corrected chi connectivity index (χ0v) is 21.6. The summed E-state index contributed by atoms with van der Waals surface area (Å²) in [5.41, 5.74) is 4.02. The van der Waals surface area contributed by atoms with Gasteiger partial charge in [-0.15, -0.1) is 0 Å². The number of piperazine rings is 1. The van der Waals surface area contributed by atoms with Crippen molar-refractivity contribution in [3.8, 4) is 0 Å². The normalized spacial score (nSPS) is 13.8. The highest BCUT2D eigenvalue weighted by atomic mass is 35.5. The minimum Gasteiger partial charge on any atom is -0.336 e. The molecule has 1 aliphatic rings. The summed E-state index contributed by atoms with van der Waals surface area (Å²) in [5.74, 6) is -0.0944. The number of nitrogens with zero attached hydrogens (tertiary/aromatic N) is 2. The summed E-state index contributed by atoms with van der Waals surface area (Å²) in [6, 6.07) is 34.6. The molecule has 0 saturated carbocycles. The van der Waals surface area contributed by atoms with Crippen LogP contribution in [0.5, 0.6) is 0 Å². The molecule has 6 nitrogen and oxygen atoms in total. The van der Waals surface area contributed by atoms with Crippen molar-refractivity contribution in [2.75, 3.05) is 36.8 Å². The lowest BCUT2D eigenvalue weighted by Crippen LogP contribution is -2.50. The van der Waals surface area contributed by atoms with Crippen molar-refractivity contribution in [1.29, 1.82) is 0 Å². The van der Waals surface area contributed by atoms with E-state index >= 15 is 0 Å². The Morgan fingerprint density at radius 1 is 0.658 bits per heavy atom. The number of hydrogen-bond donors (Lipinski definition) is 2. The van der Waals surface area contributed by atoms with Crippen molar-refractivity contribution in [3.05, 3.63) is 131 Å². The van der Waals surface area contributed by atoms with E-state index in [1.807, 2.05) is 23.1 Å². The molecule has 4 aromatic carbocycles. The zero-order valence-electron chi connectivity index (χ0n) is 20.9. The van der Waals surface area contributed by atoms with E-state index in [1.165, 1.54) is 11.1 Å². The predicted octanol–water partition coefficient (Wildman–Crippen LogP) is 6.53. The number of nitrogens with one attached hydrogen (secondary N) is 2. The number of amides is 3. The number of anilines is 2. The average molecular weight is 525 g/mol. The second-order valence-electron chi connectivity index (χ2n) is 9.18. The molecule has 192 valence electrons. The number of carbonyl (C=O) groups is 2. The first-order valence-electron chi connectivity index (χ1n) is 12.6. The molecule has 7 heteroatoms. The van der Waals surface area contributed by atoms with Crippen molar-refractivity contribution >= 4 is 34.9 Å². The van der Waals surface area contributed by atoms with Gasteiger partial charge >= 0.3 is 6.03 Å². The minimum absolute atomic E-state index is 0.0944. The van der Waals surface area contributed by atoms with E-state index < -0.39 is 6.03 Å². The molecule has 0 aromatic heterocycles. The quantitative estimate of drug-likeness (QED) is 0.301. The molecular weight excluding hydrogens is 496 g/mol. The molecule has 38 heavy (non-hydrogen) atoms. The molecule has 5 rings (SSSR count). The summed E-state index contributed by atoms with van der Waals surface area (Å²) in [6.07, 6.45) is 0. The maximum Gasteiger partial charge on any atom is 0.323 e. The van der Waals surface area contributed by atoms with E-state index in [2.05, 4.69) is 64.1 Å². The first-order valence-corrected chi connectivity index (χ1v) is 13.0. The van der Waals surface area contributed by atoms with Crippen molar-refractivity contribution in [2.45, 2.75) is 6.04 Å². The summed E-state index contributed by atoms with van der Waals surface area (Å²) in [5, 5.41) is 6.18. The third-order valence-electron chi connectivity index (χ3n) is 6.71. The maximum atomic E-state index is 13.5. The second-order valence-corrected chi connectivity index (χ2v) is 9.62. The van der Waals surface area contributed by atoms with Crippen molar-refractivity contribution in [3.63, 3.8) is 0 Å². The van der Waals surface area contributed by atoms with E-state index in [9.17, 15) is 9.59 Å². The van der Waals surface area contributed by atoms with Crippen LogP contribution in [0.4, 0.5) is 16.2 Å². The minimum atomic E-state index is -0.425. The van der Waals surface area contributed by atoms with Crippen molar-refractivity contribution in [2.24, 2.45) is 0 Å². The van der Waals surface area contributed by atoms with Gasteiger partial charge in [-0.2, -0.15) is 0 Å². The fourth-order valence-corrected chi connectivity index (χ4v) is 4.96. The van der Waals surface area contributed by atoms with Crippen LogP contribution >= 0.6 is 11.6 Å². The summed E-state index contributed by atoms with van der Waals surface area (Å²) < 4.78 is 0.